The summed E-state index contributed by atoms with van der Waals surface area (Å²) in [7, 11) is 0. The third kappa shape index (κ3) is 3.05. The van der Waals surface area contributed by atoms with E-state index in [1.54, 1.807) is 12.3 Å². The van der Waals surface area contributed by atoms with Crippen LogP contribution in [0.1, 0.15) is 19.5 Å². The topological polar surface area (TPSA) is 51.8 Å². The molecule has 3 heteroatoms. The van der Waals surface area contributed by atoms with Crippen molar-refractivity contribution in [3.8, 4) is 11.1 Å². The standard InChI is InChI=1S/C11H11N3.C2H6/c1-8-2-3-9(6-13-8)10-4-5-11(12)14-7-10;1-2/h2-7H,1H3,(H2,12,14);1-2H3. The highest BCUT2D eigenvalue weighted by molar-refractivity contribution is 5.62. The van der Waals surface area contributed by atoms with E-state index in [9.17, 15) is 0 Å². The second-order valence-corrected chi connectivity index (χ2v) is 3.16. The van der Waals surface area contributed by atoms with E-state index >= 15 is 0 Å². The molecule has 16 heavy (non-hydrogen) atoms. The van der Waals surface area contributed by atoms with Gasteiger partial charge in [-0.2, -0.15) is 0 Å². The zero-order valence-electron chi connectivity index (χ0n) is 9.94. The first-order valence-corrected chi connectivity index (χ1v) is 5.40. The normalized spacial score (nSPS) is 9.19. The molecule has 0 radical (unpaired) electrons. The van der Waals surface area contributed by atoms with Gasteiger partial charge in [0.2, 0.25) is 0 Å². The first-order chi connectivity index (χ1) is 7.75. The van der Waals surface area contributed by atoms with Gasteiger partial charge in [-0.1, -0.05) is 19.9 Å². The maximum Gasteiger partial charge on any atom is 0.123 e. The van der Waals surface area contributed by atoms with E-state index in [4.69, 9.17) is 5.73 Å². The summed E-state index contributed by atoms with van der Waals surface area (Å²) in [6.45, 7) is 5.96. The summed E-state index contributed by atoms with van der Waals surface area (Å²) in [4.78, 5) is 8.25. The largest absolute Gasteiger partial charge is 0.384 e. The molecular weight excluding hydrogens is 198 g/mol. The van der Waals surface area contributed by atoms with Crippen molar-refractivity contribution >= 4 is 5.82 Å². The molecule has 0 saturated carbocycles. The lowest BCUT2D eigenvalue weighted by Gasteiger charge is -2.00. The van der Waals surface area contributed by atoms with Crippen molar-refractivity contribution < 1.29 is 0 Å². The van der Waals surface area contributed by atoms with Crippen molar-refractivity contribution in [1.29, 1.82) is 0 Å². The highest BCUT2D eigenvalue weighted by Crippen LogP contribution is 2.17. The highest BCUT2D eigenvalue weighted by Gasteiger charge is 1.97. The molecule has 0 aliphatic carbocycles. The number of rotatable bonds is 1. The van der Waals surface area contributed by atoms with Crippen LogP contribution in [-0.4, -0.2) is 9.97 Å². The van der Waals surface area contributed by atoms with Crippen LogP contribution in [0.15, 0.2) is 36.7 Å². The smallest absolute Gasteiger partial charge is 0.123 e. The summed E-state index contributed by atoms with van der Waals surface area (Å²) >= 11 is 0. The summed E-state index contributed by atoms with van der Waals surface area (Å²) in [5.41, 5.74) is 8.61. The van der Waals surface area contributed by atoms with Gasteiger partial charge in [0.05, 0.1) is 0 Å². The third-order valence-electron chi connectivity index (χ3n) is 2.03. The maximum atomic E-state index is 5.50. The number of anilines is 1. The lowest BCUT2D eigenvalue weighted by molar-refractivity contribution is 1.20. The van der Waals surface area contributed by atoms with Crippen LogP contribution in [0, 0.1) is 6.92 Å². The minimum Gasteiger partial charge on any atom is -0.384 e. The molecule has 0 unspecified atom stereocenters. The quantitative estimate of drug-likeness (QED) is 0.795. The molecule has 0 saturated heterocycles. The van der Waals surface area contributed by atoms with Crippen LogP contribution >= 0.6 is 0 Å². The van der Waals surface area contributed by atoms with Gasteiger partial charge in [-0.05, 0) is 25.1 Å². The Labute approximate surface area is 96.4 Å². The van der Waals surface area contributed by atoms with Gasteiger partial charge in [0.15, 0.2) is 0 Å². The van der Waals surface area contributed by atoms with Gasteiger partial charge in [0, 0.05) is 29.2 Å². The van der Waals surface area contributed by atoms with Gasteiger partial charge < -0.3 is 5.73 Å². The van der Waals surface area contributed by atoms with Crippen molar-refractivity contribution in [3.05, 3.63) is 42.4 Å². The molecule has 3 nitrogen and oxygen atoms in total. The van der Waals surface area contributed by atoms with E-state index in [0.29, 0.717) is 5.82 Å². The van der Waals surface area contributed by atoms with E-state index in [0.717, 1.165) is 16.8 Å². The maximum absolute atomic E-state index is 5.50. The van der Waals surface area contributed by atoms with Crippen molar-refractivity contribution in [2.75, 3.05) is 5.73 Å². The zero-order valence-corrected chi connectivity index (χ0v) is 9.94. The molecule has 0 atom stereocenters. The first kappa shape index (κ1) is 12.2. The summed E-state index contributed by atoms with van der Waals surface area (Å²) in [5, 5.41) is 0. The van der Waals surface area contributed by atoms with Gasteiger partial charge in [-0.3, -0.25) is 4.98 Å². The monoisotopic (exact) mass is 215 g/mol. The Balaban J connectivity index is 0.000000606. The van der Waals surface area contributed by atoms with E-state index in [1.165, 1.54) is 0 Å². The van der Waals surface area contributed by atoms with Crippen LogP contribution in [0.25, 0.3) is 11.1 Å². The summed E-state index contributed by atoms with van der Waals surface area (Å²) < 4.78 is 0. The average Bonchev–Trinajstić information content (AvgIpc) is 2.34. The lowest BCUT2D eigenvalue weighted by Crippen LogP contribution is -1.89. The van der Waals surface area contributed by atoms with Crippen LogP contribution in [0.2, 0.25) is 0 Å². The second-order valence-electron chi connectivity index (χ2n) is 3.16. The summed E-state index contributed by atoms with van der Waals surface area (Å²) in [5.74, 6) is 0.536. The molecule has 2 rings (SSSR count). The number of pyridine rings is 2. The molecule has 0 spiro atoms. The number of nitrogens with two attached hydrogens (primary N) is 1. The zero-order chi connectivity index (χ0) is 12.0. The van der Waals surface area contributed by atoms with Crippen molar-refractivity contribution in [3.63, 3.8) is 0 Å². The predicted octanol–water partition coefficient (Wildman–Crippen LogP) is 3.06. The van der Waals surface area contributed by atoms with Crippen LogP contribution in [0.3, 0.4) is 0 Å². The molecule has 0 aromatic carbocycles. The molecular formula is C13H17N3. The Morgan fingerprint density at radius 1 is 0.875 bits per heavy atom. The Kier molecular flexibility index (Phi) is 4.45. The predicted molar refractivity (Wildman–Crippen MR) is 68.0 cm³/mol. The van der Waals surface area contributed by atoms with Crippen LogP contribution in [0.4, 0.5) is 5.82 Å². The van der Waals surface area contributed by atoms with Gasteiger partial charge in [0.1, 0.15) is 5.82 Å². The molecule has 84 valence electrons. The molecule has 0 aliphatic heterocycles. The van der Waals surface area contributed by atoms with Gasteiger partial charge in [-0.25, -0.2) is 4.98 Å². The summed E-state index contributed by atoms with van der Waals surface area (Å²) in [6, 6.07) is 7.73. The molecule has 0 amide bonds. The number of nitrogens with zero attached hydrogens (tertiary/aromatic N) is 2. The van der Waals surface area contributed by atoms with Gasteiger partial charge >= 0.3 is 0 Å². The van der Waals surface area contributed by atoms with Gasteiger partial charge in [0.25, 0.3) is 0 Å². The molecule has 2 aromatic heterocycles. The minimum absolute atomic E-state index is 0.536. The molecule has 2 heterocycles. The number of hydrogen-bond donors (Lipinski definition) is 1. The van der Waals surface area contributed by atoms with Crippen molar-refractivity contribution in [2.24, 2.45) is 0 Å². The fourth-order valence-electron chi connectivity index (χ4n) is 1.21. The fraction of sp³-hybridized carbons (Fsp3) is 0.231. The van der Waals surface area contributed by atoms with Crippen LogP contribution < -0.4 is 5.73 Å². The first-order valence-electron chi connectivity index (χ1n) is 5.40. The third-order valence-corrected chi connectivity index (χ3v) is 2.03. The number of nitrogen functional groups attached to an aromatic ring is 1. The number of aromatic nitrogens is 2. The lowest BCUT2D eigenvalue weighted by atomic mass is 10.1. The molecule has 2 N–H and O–H groups in total. The molecule has 0 fully saturated rings. The highest BCUT2D eigenvalue weighted by atomic mass is 14.8. The summed E-state index contributed by atoms with van der Waals surface area (Å²) in [6.07, 6.45) is 3.59. The Hall–Kier alpha value is -1.90. The van der Waals surface area contributed by atoms with Crippen molar-refractivity contribution in [1.82, 2.24) is 9.97 Å². The molecule has 0 aliphatic rings. The fourth-order valence-corrected chi connectivity index (χ4v) is 1.21. The Bertz CT molecular complexity index is 374. The second kappa shape index (κ2) is 5.85. The van der Waals surface area contributed by atoms with Gasteiger partial charge in [-0.15, -0.1) is 0 Å². The average molecular weight is 215 g/mol. The van der Waals surface area contributed by atoms with E-state index in [2.05, 4.69) is 9.97 Å². The number of hydrogen-bond acceptors (Lipinski definition) is 3. The van der Waals surface area contributed by atoms with Crippen LogP contribution in [0.5, 0.6) is 0 Å². The molecule has 2 aromatic rings. The van der Waals surface area contributed by atoms with E-state index < -0.39 is 0 Å². The molecule has 0 bridgehead atoms. The number of aryl methyl sites for hydroxylation is 1. The minimum atomic E-state index is 0.536. The van der Waals surface area contributed by atoms with E-state index in [-0.39, 0.29) is 0 Å². The van der Waals surface area contributed by atoms with Crippen LogP contribution in [-0.2, 0) is 0 Å². The Morgan fingerprint density at radius 2 is 1.44 bits per heavy atom. The van der Waals surface area contributed by atoms with E-state index in [1.807, 2.05) is 45.2 Å². The Morgan fingerprint density at radius 3 is 1.88 bits per heavy atom. The SMILES string of the molecule is CC.Cc1ccc(-c2ccc(N)nc2)cn1. The van der Waals surface area contributed by atoms with Crippen molar-refractivity contribution in [2.45, 2.75) is 20.8 Å².